The van der Waals surface area contributed by atoms with Gasteiger partial charge in [-0.25, -0.2) is 0 Å². The molecule has 0 saturated heterocycles. The molecular formula is C9H19N3O. The third-order valence-electron chi connectivity index (χ3n) is 2.03. The third-order valence-corrected chi connectivity index (χ3v) is 2.03. The van der Waals surface area contributed by atoms with Crippen molar-refractivity contribution < 1.29 is 4.74 Å². The van der Waals surface area contributed by atoms with Crippen molar-refractivity contribution in [3.8, 4) is 6.07 Å². The van der Waals surface area contributed by atoms with E-state index in [-0.39, 0.29) is 0 Å². The summed E-state index contributed by atoms with van der Waals surface area (Å²) in [5, 5.41) is 8.56. The van der Waals surface area contributed by atoms with Crippen LogP contribution in [0.3, 0.4) is 0 Å². The predicted molar refractivity (Wildman–Crippen MR) is 52.2 cm³/mol. The number of hydrogen-bond donors (Lipinski definition) is 1. The van der Waals surface area contributed by atoms with Crippen LogP contribution >= 0.6 is 0 Å². The number of nitriles is 1. The molecule has 4 nitrogen and oxygen atoms in total. The second kappa shape index (κ2) is 6.84. The fourth-order valence-corrected chi connectivity index (χ4v) is 1.26. The second-order valence-corrected chi connectivity index (χ2v) is 3.13. The van der Waals surface area contributed by atoms with Crippen LogP contribution in [0.4, 0.5) is 0 Å². The lowest BCUT2D eigenvalue weighted by atomic mass is 10.2. The Labute approximate surface area is 80.3 Å². The van der Waals surface area contributed by atoms with Gasteiger partial charge in [0.05, 0.1) is 12.7 Å². The fraction of sp³-hybridized carbons (Fsp3) is 0.889. The Morgan fingerprint density at radius 1 is 1.62 bits per heavy atom. The maximum Gasteiger partial charge on any atom is 0.106 e. The van der Waals surface area contributed by atoms with Gasteiger partial charge >= 0.3 is 0 Å². The Bertz CT molecular complexity index is 167. The van der Waals surface area contributed by atoms with E-state index in [4.69, 9.17) is 15.7 Å². The van der Waals surface area contributed by atoms with Gasteiger partial charge in [0.15, 0.2) is 0 Å². The Morgan fingerprint density at radius 3 is 2.62 bits per heavy atom. The maximum absolute atomic E-state index is 8.56. The van der Waals surface area contributed by atoms with E-state index in [1.165, 1.54) is 0 Å². The van der Waals surface area contributed by atoms with Gasteiger partial charge in [-0.3, -0.25) is 4.90 Å². The molecule has 4 heteroatoms. The average molecular weight is 185 g/mol. The van der Waals surface area contributed by atoms with Gasteiger partial charge in [0.1, 0.15) is 6.04 Å². The number of nitrogens with zero attached hydrogens (tertiary/aromatic N) is 2. The van der Waals surface area contributed by atoms with Crippen molar-refractivity contribution >= 4 is 0 Å². The summed E-state index contributed by atoms with van der Waals surface area (Å²) in [6.07, 6.45) is 0. The highest BCUT2D eigenvalue weighted by atomic mass is 16.5. The van der Waals surface area contributed by atoms with E-state index in [1.54, 1.807) is 7.11 Å². The summed E-state index contributed by atoms with van der Waals surface area (Å²) in [6.45, 7) is 6.29. The first-order valence-electron chi connectivity index (χ1n) is 4.53. The molecule has 0 fully saturated rings. The molecule has 0 radical (unpaired) electrons. The van der Waals surface area contributed by atoms with E-state index in [2.05, 4.69) is 18.7 Å². The van der Waals surface area contributed by atoms with Crippen molar-refractivity contribution in [2.45, 2.75) is 25.9 Å². The molecule has 0 amide bonds. The van der Waals surface area contributed by atoms with Gasteiger partial charge in [0, 0.05) is 19.7 Å². The maximum atomic E-state index is 8.56. The smallest absolute Gasteiger partial charge is 0.106 e. The monoisotopic (exact) mass is 185 g/mol. The zero-order chi connectivity index (χ0) is 10.3. The molecule has 0 spiro atoms. The zero-order valence-electron chi connectivity index (χ0n) is 8.66. The summed E-state index contributed by atoms with van der Waals surface area (Å²) in [5.41, 5.74) is 5.54. The first-order valence-corrected chi connectivity index (χ1v) is 4.53. The molecule has 0 aromatic carbocycles. The second-order valence-electron chi connectivity index (χ2n) is 3.13. The van der Waals surface area contributed by atoms with Gasteiger partial charge in [0.2, 0.25) is 0 Å². The Morgan fingerprint density at radius 2 is 2.23 bits per heavy atom. The number of rotatable bonds is 6. The first kappa shape index (κ1) is 12.4. The predicted octanol–water partition coefficient (Wildman–Crippen LogP) is 0.194. The van der Waals surface area contributed by atoms with E-state index in [9.17, 15) is 0 Å². The standard InChI is InChI=1S/C9H19N3O/c1-4-12(6-9(11)5-10)8(2)7-13-3/h8-9H,4,6-7,11H2,1-3H3. The number of ether oxygens (including phenoxy) is 1. The van der Waals surface area contributed by atoms with Crippen LogP contribution in [0.15, 0.2) is 0 Å². The molecule has 0 rings (SSSR count). The molecule has 76 valence electrons. The Kier molecular flexibility index (Phi) is 6.51. The van der Waals surface area contributed by atoms with Crippen LogP contribution in [0.25, 0.3) is 0 Å². The molecule has 2 N–H and O–H groups in total. The quantitative estimate of drug-likeness (QED) is 0.642. The highest BCUT2D eigenvalue weighted by Gasteiger charge is 2.14. The summed E-state index contributed by atoms with van der Waals surface area (Å²) in [5.74, 6) is 0. The van der Waals surface area contributed by atoms with Crippen molar-refractivity contribution in [3.05, 3.63) is 0 Å². The SMILES string of the molecule is CCN(CC(N)C#N)C(C)COC. The minimum atomic E-state index is -0.403. The number of likely N-dealkylation sites (N-methyl/N-ethyl adjacent to an activating group) is 1. The van der Waals surface area contributed by atoms with Crippen LogP contribution in [0.5, 0.6) is 0 Å². The van der Waals surface area contributed by atoms with Crippen molar-refractivity contribution in [2.75, 3.05) is 26.8 Å². The lowest BCUT2D eigenvalue weighted by Crippen LogP contribution is -2.43. The van der Waals surface area contributed by atoms with E-state index in [0.29, 0.717) is 19.2 Å². The number of nitrogens with two attached hydrogens (primary N) is 1. The molecule has 2 unspecified atom stereocenters. The Hall–Kier alpha value is -0.630. The number of methoxy groups -OCH3 is 1. The lowest BCUT2D eigenvalue weighted by molar-refractivity contribution is 0.102. The molecule has 0 aromatic heterocycles. The van der Waals surface area contributed by atoms with Crippen molar-refractivity contribution in [1.29, 1.82) is 5.26 Å². The summed E-state index contributed by atoms with van der Waals surface area (Å²) < 4.78 is 5.04. The highest BCUT2D eigenvalue weighted by molar-refractivity contribution is 4.89. The normalized spacial score (nSPS) is 15.4. The van der Waals surface area contributed by atoms with Crippen molar-refractivity contribution in [3.63, 3.8) is 0 Å². The largest absolute Gasteiger partial charge is 0.383 e. The molecule has 0 aliphatic carbocycles. The summed E-state index contributed by atoms with van der Waals surface area (Å²) in [6, 6.07) is 1.93. The minimum absolute atomic E-state index is 0.314. The molecule has 0 aliphatic rings. The van der Waals surface area contributed by atoms with Crippen LogP contribution in [-0.2, 0) is 4.74 Å². The van der Waals surface area contributed by atoms with Gasteiger partial charge in [-0.2, -0.15) is 5.26 Å². The van der Waals surface area contributed by atoms with Crippen molar-refractivity contribution in [2.24, 2.45) is 5.73 Å². The molecule has 0 bridgehead atoms. The van der Waals surface area contributed by atoms with Gasteiger partial charge < -0.3 is 10.5 Å². The summed E-state index contributed by atoms with van der Waals surface area (Å²) >= 11 is 0. The van der Waals surface area contributed by atoms with Crippen LogP contribution in [-0.4, -0.2) is 43.8 Å². The molecular weight excluding hydrogens is 166 g/mol. The molecule has 0 aliphatic heterocycles. The lowest BCUT2D eigenvalue weighted by Gasteiger charge is -2.27. The van der Waals surface area contributed by atoms with Gasteiger partial charge in [0.25, 0.3) is 0 Å². The first-order chi connectivity index (χ1) is 6.15. The third kappa shape index (κ3) is 4.83. The molecule has 0 saturated carbocycles. The van der Waals surface area contributed by atoms with Gasteiger partial charge in [-0.1, -0.05) is 6.92 Å². The van der Waals surface area contributed by atoms with Crippen LogP contribution in [0.1, 0.15) is 13.8 Å². The molecule has 0 heterocycles. The number of hydrogen-bond acceptors (Lipinski definition) is 4. The minimum Gasteiger partial charge on any atom is -0.383 e. The van der Waals surface area contributed by atoms with Crippen LogP contribution in [0.2, 0.25) is 0 Å². The van der Waals surface area contributed by atoms with Crippen LogP contribution in [0, 0.1) is 11.3 Å². The fourth-order valence-electron chi connectivity index (χ4n) is 1.26. The summed E-state index contributed by atoms with van der Waals surface area (Å²) in [4.78, 5) is 2.14. The molecule has 0 aromatic rings. The molecule has 2 atom stereocenters. The van der Waals surface area contributed by atoms with Crippen LogP contribution < -0.4 is 5.73 Å². The Balaban J connectivity index is 3.95. The van der Waals surface area contributed by atoms with E-state index in [0.717, 1.165) is 6.54 Å². The van der Waals surface area contributed by atoms with E-state index in [1.807, 2.05) is 6.07 Å². The van der Waals surface area contributed by atoms with E-state index < -0.39 is 6.04 Å². The van der Waals surface area contributed by atoms with Gasteiger partial charge in [-0.05, 0) is 13.5 Å². The average Bonchev–Trinajstić information content (AvgIpc) is 2.14. The van der Waals surface area contributed by atoms with Crippen molar-refractivity contribution in [1.82, 2.24) is 4.90 Å². The van der Waals surface area contributed by atoms with Gasteiger partial charge in [-0.15, -0.1) is 0 Å². The topological polar surface area (TPSA) is 62.3 Å². The van der Waals surface area contributed by atoms with E-state index >= 15 is 0 Å². The molecule has 13 heavy (non-hydrogen) atoms. The summed E-state index contributed by atoms with van der Waals surface area (Å²) in [7, 11) is 1.68. The highest BCUT2D eigenvalue weighted by Crippen LogP contribution is 1.99. The zero-order valence-corrected chi connectivity index (χ0v) is 8.66.